The van der Waals surface area contributed by atoms with Crippen LogP contribution in [0.3, 0.4) is 0 Å². The van der Waals surface area contributed by atoms with E-state index in [-0.39, 0.29) is 16.7 Å². The highest BCUT2D eigenvalue weighted by molar-refractivity contribution is 6.34. The smallest absolute Gasteiger partial charge is 0.338 e. The zero-order valence-corrected chi connectivity index (χ0v) is 26.1. The summed E-state index contributed by atoms with van der Waals surface area (Å²) in [5, 5.41) is 0. The van der Waals surface area contributed by atoms with Crippen molar-refractivity contribution in [3.05, 3.63) is 154 Å². The van der Waals surface area contributed by atoms with Gasteiger partial charge in [0.15, 0.2) is 6.10 Å². The third kappa shape index (κ3) is 6.67. The lowest BCUT2D eigenvalue weighted by atomic mass is 10.1. The molecule has 1 atom stereocenters. The Labute approximate surface area is 272 Å². The second kappa shape index (κ2) is 13.1. The van der Waals surface area contributed by atoms with E-state index in [9.17, 15) is 19.2 Å². The third-order valence-electron chi connectivity index (χ3n) is 7.97. The van der Waals surface area contributed by atoms with Crippen LogP contribution in [0.1, 0.15) is 65.0 Å². The molecule has 1 unspecified atom stereocenters. The summed E-state index contributed by atoms with van der Waals surface area (Å²) < 4.78 is 17.2. The number of rotatable bonds is 10. The van der Waals surface area contributed by atoms with Gasteiger partial charge in [0, 0.05) is 5.56 Å². The number of Topliss-reactive ketones (excluding diaryl/α,β-unsaturated/α-hetero) is 1. The second-order valence-corrected chi connectivity index (χ2v) is 11.3. The Bertz CT molecular complexity index is 1980. The number of fused-ring (bicyclic) bond motifs is 1. The van der Waals surface area contributed by atoms with E-state index in [2.05, 4.69) is 0 Å². The Morgan fingerprint density at radius 1 is 0.660 bits per heavy atom. The van der Waals surface area contributed by atoms with E-state index in [1.807, 2.05) is 62.4 Å². The predicted molar refractivity (Wildman–Crippen MR) is 176 cm³/mol. The summed E-state index contributed by atoms with van der Waals surface area (Å²) in [6.07, 6.45) is -1.09. The summed E-state index contributed by atoms with van der Waals surface area (Å²) in [6, 6.07) is 32.9. The average molecular weight is 626 g/mol. The first kappa shape index (κ1) is 31.0. The van der Waals surface area contributed by atoms with E-state index >= 15 is 0 Å². The summed E-state index contributed by atoms with van der Waals surface area (Å²) in [6.45, 7) is 5.90. The molecule has 2 amide bonds. The highest BCUT2D eigenvalue weighted by atomic mass is 16.5. The van der Waals surface area contributed by atoms with Crippen molar-refractivity contribution in [2.75, 3.05) is 4.90 Å². The largest absolute Gasteiger partial charge is 0.489 e. The zero-order valence-electron chi connectivity index (χ0n) is 26.1. The van der Waals surface area contributed by atoms with Crippen molar-refractivity contribution < 1.29 is 33.4 Å². The lowest BCUT2D eigenvalue weighted by Crippen LogP contribution is -2.29. The van der Waals surface area contributed by atoms with Crippen LogP contribution in [0.5, 0.6) is 17.2 Å². The molecule has 6 rings (SSSR count). The first-order chi connectivity index (χ1) is 22.7. The number of carbonyl (C=O) groups excluding carboxylic acids is 4. The molecule has 8 nitrogen and oxygen atoms in total. The number of ketones is 1. The topological polar surface area (TPSA) is 99.2 Å². The van der Waals surface area contributed by atoms with Crippen molar-refractivity contribution in [2.24, 2.45) is 0 Å². The Kier molecular flexibility index (Phi) is 8.67. The average Bonchev–Trinajstić information content (AvgIpc) is 3.34. The SMILES string of the molecule is Cc1ccc(Oc2ccc(N3C(=O)c4ccc(C(=O)OC(C)C(=O)c5ccc(OCc6ccccc6)cc5)cc4C3=O)cc2)cc1C. The zero-order chi connectivity index (χ0) is 33.1. The van der Waals surface area contributed by atoms with Gasteiger partial charge >= 0.3 is 5.97 Å². The monoisotopic (exact) mass is 625 g/mol. The van der Waals surface area contributed by atoms with Gasteiger partial charge in [-0.3, -0.25) is 14.4 Å². The maximum Gasteiger partial charge on any atom is 0.338 e. The molecule has 1 aliphatic rings. The number of anilines is 1. The van der Waals surface area contributed by atoms with Crippen LogP contribution < -0.4 is 14.4 Å². The summed E-state index contributed by atoms with van der Waals surface area (Å²) in [5.74, 6) is -0.426. The molecule has 0 bridgehead atoms. The minimum Gasteiger partial charge on any atom is -0.489 e. The lowest BCUT2D eigenvalue weighted by Gasteiger charge is -2.15. The van der Waals surface area contributed by atoms with Gasteiger partial charge in [-0.25, -0.2) is 9.69 Å². The highest BCUT2D eigenvalue weighted by Crippen LogP contribution is 2.32. The predicted octanol–water partition coefficient (Wildman–Crippen LogP) is 7.90. The number of hydrogen-bond donors (Lipinski definition) is 0. The van der Waals surface area contributed by atoms with Crippen LogP contribution in [0.2, 0.25) is 0 Å². The molecule has 8 heteroatoms. The maximum absolute atomic E-state index is 13.4. The molecule has 0 aromatic heterocycles. The van der Waals surface area contributed by atoms with Crippen molar-refractivity contribution in [1.82, 2.24) is 0 Å². The Balaban J connectivity index is 1.08. The molecule has 1 heterocycles. The maximum atomic E-state index is 13.4. The summed E-state index contributed by atoms with van der Waals surface area (Å²) in [7, 11) is 0. The molecular formula is C39H31NO7. The Morgan fingerprint density at radius 2 is 1.30 bits per heavy atom. The molecular weight excluding hydrogens is 594 g/mol. The third-order valence-corrected chi connectivity index (χ3v) is 7.97. The quantitative estimate of drug-likeness (QED) is 0.0884. The molecule has 0 fully saturated rings. The van der Waals surface area contributed by atoms with E-state index in [4.69, 9.17) is 14.2 Å². The molecule has 0 saturated carbocycles. The fourth-order valence-corrected chi connectivity index (χ4v) is 5.15. The number of ether oxygens (including phenoxy) is 3. The number of carbonyl (C=O) groups is 4. The number of aryl methyl sites for hydroxylation is 2. The Hall–Kier alpha value is -6.02. The van der Waals surface area contributed by atoms with Gasteiger partial charge in [0.25, 0.3) is 11.8 Å². The van der Waals surface area contributed by atoms with Crippen LogP contribution in [0.15, 0.2) is 115 Å². The van der Waals surface area contributed by atoms with E-state index in [1.54, 1.807) is 48.5 Å². The number of imide groups is 1. The van der Waals surface area contributed by atoms with Gasteiger partial charge in [-0.15, -0.1) is 0 Å². The van der Waals surface area contributed by atoms with Crippen LogP contribution in [-0.2, 0) is 11.3 Å². The van der Waals surface area contributed by atoms with E-state index in [0.717, 1.165) is 21.6 Å². The van der Waals surface area contributed by atoms with Crippen molar-refractivity contribution >= 4 is 29.3 Å². The van der Waals surface area contributed by atoms with Gasteiger partial charge in [0.1, 0.15) is 23.9 Å². The van der Waals surface area contributed by atoms with Gasteiger partial charge in [0.05, 0.1) is 22.4 Å². The summed E-state index contributed by atoms with van der Waals surface area (Å²) in [4.78, 5) is 53.6. The molecule has 0 radical (unpaired) electrons. The standard InChI is InChI=1S/C39H31NO7/c1-24-9-15-33(21-25(24)2)47-32-18-13-30(14-19-32)40-37(42)34-20-12-29(22-35(34)38(40)43)39(44)46-26(3)36(41)28-10-16-31(17-11-28)45-23-27-7-5-4-6-8-27/h4-22,26H,23H2,1-3H3. The van der Waals surface area contributed by atoms with Crippen molar-refractivity contribution in [2.45, 2.75) is 33.5 Å². The van der Waals surface area contributed by atoms with Crippen molar-refractivity contribution in [3.63, 3.8) is 0 Å². The van der Waals surface area contributed by atoms with Crippen LogP contribution in [0.25, 0.3) is 0 Å². The molecule has 234 valence electrons. The minimum atomic E-state index is -1.09. The number of benzene rings is 5. The van der Waals surface area contributed by atoms with E-state index < -0.39 is 29.7 Å². The number of amides is 2. The molecule has 0 spiro atoms. The molecule has 47 heavy (non-hydrogen) atoms. The Morgan fingerprint density at radius 3 is 2.00 bits per heavy atom. The summed E-state index contributed by atoms with van der Waals surface area (Å²) >= 11 is 0. The van der Waals surface area contributed by atoms with Crippen LogP contribution in [0.4, 0.5) is 5.69 Å². The molecule has 0 saturated heterocycles. The van der Waals surface area contributed by atoms with E-state index in [0.29, 0.717) is 35.1 Å². The second-order valence-electron chi connectivity index (χ2n) is 11.3. The molecule has 0 aliphatic carbocycles. The van der Waals surface area contributed by atoms with Gasteiger partial charge in [-0.1, -0.05) is 36.4 Å². The fraction of sp³-hybridized carbons (Fsp3) is 0.128. The molecule has 5 aromatic rings. The van der Waals surface area contributed by atoms with Crippen LogP contribution >= 0.6 is 0 Å². The lowest BCUT2D eigenvalue weighted by molar-refractivity contribution is 0.0318. The van der Waals surface area contributed by atoms with E-state index in [1.165, 1.54) is 25.1 Å². The first-order valence-corrected chi connectivity index (χ1v) is 15.1. The van der Waals surface area contributed by atoms with Crippen molar-refractivity contribution in [1.29, 1.82) is 0 Å². The minimum absolute atomic E-state index is 0.0493. The number of nitrogens with zero attached hydrogens (tertiary/aromatic N) is 1. The van der Waals surface area contributed by atoms with Crippen molar-refractivity contribution in [3.8, 4) is 17.2 Å². The van der Waals surface area contributed by atoms with Crippen LogP contribution in [-0.4, -0.2) is 29.7 Å². The van der Waals surface area contributed by atoms with Gasteiger partial charge < -0.3 is 14.2 Å². The number of hydrogen-bond acceptors (Lipinski definition) is 7. The normalized spacial score (nSPS) is 12.8. The molecule has 5 aromatic carbocycles. The molecule has 1 aliphatic heterocycles. The van der Waals surface area contributed by atoms with Gasteiger partial charge in [-0.2, -0.15) is 0 Å². The number of esters is 1. The van der Waals surface area contributed by atoms with Crippen LogP contribution in [0, 0.1) is 13.8 Å². The fourth-order valence-electron chi connectivity index (χ4n) is 5.15. The molecule has 0 N–H and O–H groups in total. The first-order valence-electron chi connectivity index (χ1n) is 15.1. The highest BCUT2D eigenvalue weighted by Gasteiger charge is 2.37. The summed E-state index contributed by atoms with van der Waals surface area (Å²) in [5.41, 5.74) is 4.29. The van der Waals surface area contributed by atoms with Gasteiger partial charge in [-0.05, 0) is 116 Å². The van der Waals surface area contributed by atoms with Gasteiger partial charge in [0.2, 0.25) is 5.78 Å².